The van der Waals surface area contributed by atoms with Gasteiger partial charge in [0.15, 0.2) is 0 Å². The van der Waals surface area contributed by atoms with Crippen LogP contribution in [0.15, 0.2) is 36.5 Å². The molecular formula is C15H18FN3. The van der Waals surface area contributed by atoms with Gasteiger partial charge in [-0.2, -0.15) is 0 Å². The topological polar surface area (TPSA) is 50.9 Å². The number of nitrogens with zero attached hydrogens (tertiary/aromatic N) is 1. The quantitative estimate of drug-likeness (QED) is 0.655. The van der Waals surface area contributed by atoms with Crippen molar-refractivity contribution in [2.24, 2.45) is 5.84 Å². The molecule has 0 saturated carbocycles. The van der Waals surface area contributed by atoms with E-state index in [9.17, 15) is 4.39 Å². The van der Waals surface area contributed by atoms with E-state index in [1.807, 2.05) is 26.0 Å². The fourth-order valence-electron chi connectivity index (χ4n) is 2.20. The average molecular weight is 259 g/mol. The second kappa shape index (κ2) is 5.91. The molecule has 3 N–H and O–H groups in total. The van der Waals surface area contributed by atoms with Gasteiger partial charge in [-0.05, 0) is 55.2 Å². The molecule has 0 spiro atoms. The van der Waals surface area contributed by atoms with Gasteiger partial charge in [-0.25, -0.2) is 4.39 Å². The molecule has 4 heteroatoms. The number of aromatic nitrogens is 1. The van der Waals surface area contributed by atoms with Crippen LogP contribution < -0.4 is 11.3 Å². The van der Waals surface area contributed by atoms with Crippen LogP contribution in [0.3, 0.4) is 0 Å². The molecule has 0 aliphatic heterocycles. The predicted octanol–water partition coefficient (Wildman–Crippen LogP) is 2.58. The standard InChI is InChI=1S/C15H18FN3/c1-10-5-6-13(16)8-12(10)9-15(19-17)14-4-3-7-18-11(14)2/h3-8,15,19H,9,17H2,1-2H3. The number of nitrogens with two attached hydrogens (primary N) is 1. The van der Waals surface area contributed by atoms with Crippen molar-refractivity contribution in [2.75, 3.05) is 0 Å². The molecule has 0 fully saturated rings. The molecule has 1 heterocycles. The maximum atomic E-state index is 13.3. The normalized spacial score (nSPS) is 12.4. The molecule has 1 unspecified atom stereocenters. The summed E-state index contributed by atoms with van der Waals surface area (Å²) in [5.74, 6) is 5.42. The molecule has 19 heavy (non-hydrogen) atoms. The summed E-state index contributed by atoms with van der Waals surface area (Å²) < 4.78 is 13.3. The van der Waals surface area contributed by atoms with Crippen molar-refractivity contribution in [3.8, 4) is 0 Å². The zero-order chi connectivity index (χ0) is 13.8. The molecular weight excluding hydrogens is 241 g/mol. The number of hydrazine groups is 1. The Bertz CT molecular complexity index is 569. The number of nitrogens with one attached hydrogen (secondary N) is 1. The van der Waals surface area contributed by atoms with Crippen LogP contribution in [0.1, 0.15) is 28.4 Å². The van der Waals surface area contributed by atoms with E-state index in [1.54, 1.807) is 18.3 Å². The van der Waals surface area contributed by atoms with Gasteiger partial charge in [0.25, 0.3) is 0 Å². The molecule has 0 bridgehead atoms. The Morgan fingerprint density at radius 1 is 1.32 bits per heavy atom. The highest BCUT2D eigenvalue weighted by Crippen LogP contribution is 2.22. The fraction of sp³-hybridized carbons (Fsp3) is 0.267. The molecule has 1 aromatic heterocycles. The van der Waals surface area contributed by atoms with Gasteiger partial charge in [0.05, 0.1) is 6.04 Å². The van der Waals surface area contributed by atoms with E-state index < -0.39 is 0 Å². The smallest absolute Gasteiger partial charge is 0.123 e. The summed E-state index contributed by atoms with van der Waals surface area (Å²) in [4.78, 5) is 4.26. The zero-order valence-corrected chi connectivity index (χ0v) is 11.2. The third kappa shape index (κ3) is 3.16. The van der Waals surface area contributed by atoms with Crippen LogP contribution in [0.25, 0.3) is 0 Å². The van der Waals surface area contributed by atoms with Crippen LogP contribution in [0.4, 0.5) is 4.39 Å². The summed E-state index contributed by atoms with van der Waals surface area (Å²) in [6.07, 6.45) is 2.38. The Labute approximate surface area is 112 Å². The number of benzene rings is 1. The number of halogens is 1. The number of hydrogen-bond donors (Lipinski definition) is 2. The lowest BCUT2D eigenvalue weighted by molar-refractivity contribution is 0.542. The first-order valence-corrected chi connectivity index (χ1v) is 6.24. The van der Waals surface area contributed by atoms with Crippen LogP contribution in [-0.2, 0) is 6.42 Å². The van der Waals surface area contributed by atoms with Crippen LogP contribution >= 0.6 is 0 Å². The first kappa shape index (κ1) is 13.6. The summed E-state index contributed by atoms with van der Waals surface area (Å²) in [5, 5.41) is 0. The Hall–Kier alpha value is -1.78. The first-order valence-electron chi connectivity index (χ1n) is 6.24. The van der Waals surface area contributed by atoms with Crippen molar-refractivity contribution in [3.05, 3.63) is 64.7 Å². The minimum atomic E-state index is -0.223. The van der Waals surface area contributed by atoms with Crippen LogP contribution in [-0.4, -0.2) is 4.98 Å². The highest BCUT2D eigenvalue weighted by atomic mass is 19.1. The molecule has 0 aliphatic rings. The zero-order valence-electron chi connectivity index (χ0n) is 11.2. The van der Waals surface area contributed by atoms with Gasteiger partial charge in [0.2, 0.25) is 0 Å². The minimum Gasteiger partial charge on any atom is -0.271 e. The Morgan fingerprint density at radius 3 is 2.79 bits per heavy atom. The lowest BCUT2D eigenvalue weighted by Crippen LogP contribution is -2.30. The first-order chi connectivity index (χ1) is 9.11. The van der Waals surface area contributed by atoms with Crippen molar-refractivity contribution >= 4 is 0 Å². The summed E-state index contributed by atoms with van der Waals surface area (Å²) in [6.45, 7) is 3.91. The fourth-order valence-corrected chi connectivity index (χ4v) is 2.20. The van der Waals surface area contributed by atoms with Crippen molar-refractivity contribution in [3.63, 3.8) is 0 Å². The highest BCUT2D eigenvalue weighted by Gasteiger charge is 2.14. The summed E-state index contributed by atoms with van der Waals surface area (Å²) in [7, 11) is 0. The Balaban J connectivity index is 2.29. The van der Waals surface area contributed by atoms with Gasteiger partial charge in [0.1, 0.15) is 5.82 Å². The second-order valence-electron chi connectivity index (χ2n) is 4.67. The van der Waals surface area contributed by atoms with Gasteiger partial charge in [-0.1, -0.05) is 12.1 Å². The summed E-state index contributed by atoms with van der Waals surface area (Å²) in [5.41, 5.74) is 6.77. The molecule has 100 valence electrons. The van der Waals surface area contributed by atoms with Crippen LogP contribution in [0.2, 0.25) is 0 Å². The number of aryl methyl sites for hydroxylation is 2. The van der Waals surface area contributed by atoms with Crippen molar-refractivity contribution in [1.29, 1.82) is 0 Å². The molecule has 0 radical (unpaired) electrons. The van der Waals surface area contributed by atoms with E-state index in [1.165, 1.54) is 6.07 Å². The molecule has 0 saturated heterocycles. The molecule has 1 atom stereocenters. The van der Waals surface area contributed by atoms with E-state index in [0.29, 0.717) is 6.42 Å². The summed E-state index contributed by atoms with van der Waals surface area (Å²) in [6, 6.07) is 8.61. The molecule has 2 rings (SSSR count). The van der Waals surface area contributed by atoms with E-state index >= 15 is 0 Å². The predicted molar refractivity (Wildman–Crippen MR) is 73.9 cm³/mol. The minimum absolute atomic E-state index is 0.0748. The molecule has 0 amide bonds. The third-order valence-corrected chi connectivity index (χ3v) is 3.36. The van der Waals surface area contributed by atoms with E-state index in [2.05, 4.69) is 10.4 Å². The van der Waals surface area contributed by atoms with Gasteiger partial charge >= 0.3 is 0 Å². The Morgan fingerprint density at radius 2 is 2.11 bits per heavy atom. The van der Waals surface area contributed by atoms with Crippen LogP contribution in [0.5, 0.6) is 0 Å². The van der Waals surface area contributed by atoms with Crippen molar-refractivity contribution in [1.82, 2.24) is 10.4 Å². The number of pyridine rings is 1. The molecule has 2 aromatic rings. The van der Waals surface area contributed by atoms with Gasteiger partial charge in [0, 0.05) is 11.9 Å². The van der Waals surface area contributed by atoms with Gasteiger partial charge in [-0.3, -0.25) is 16.3 Å². The largest absolute Gasteiger partial charge is 0.271 e. The average Bonchev–Trinajstić information content (AvgIpc) is 2.41. The third-order valence-electron chi connectivity index (χ3n) is 3.36. The van der Waals surface area contributed by atoms with Crippen LogP contribution in [0, 0.1) is 19.7 Å². The molecule has 1 aromatic carbocycles. The van der Waals surface area contributed by atoms with Crippen molar-refractivity contribution < 1.29 is 4.39 Å². The summed E-state index contributed by atoms with van der Waals surface area (Å²) >= 11 is 0. The molecule has 3 nitrogen and oxygen atoms in total. The van der Waals surface area contributed by atoms with Crippen molar-refractivity contribution in [2.45, 2.75) is 26.3 Å². The van der Waals surface area contributed by atoms with Gasteiger partial charge < -0.3 is 0 Å². The number of rotatable bonds is 4. The number of hydrogen-bond acceptors (Lipinski definition) is 3. The van der Waals surface area contributed by atoms with E-state index in [-0.39, 0.29) is 11.9 Å². The SMILES string of the molecule is Cc1ccc(F)cc1CC(NN)c1cccnc1C. The molecule has 0 aliphatic carbocycles. The maximum Gasteiger partial charge on any atom is 0.123 e. The lowest BCUT2D eigenvalue weighted by atomic mass is 9.96. The second-order valence-corrected chi connectivity index (χ2v) is 4.67. The Kier molecular flexibility index (Phi) is 4.24. The monoisotopic (exact) mass is 259 g/mol. The van der Waals surface area contributed by atoms with E-state index in [4.69, 9.17) is 5.84 Å². The maximum absolute atomic E-state index is 13.3. The van der Waals surface area contributed by atoms with E-state index in [0.717, 1.165) is 22.4 Å². The highest BCUT2D eigenvalue weighted by molar-refractivity contribution is 5.30. The lowest BCUT2D eigenvalue weighted by Gasteiger charge is -2.19. The van der Waals surface area contributed by atoms with Gasteiger partial charge in [-0.15, -0.1) is 0 Å².